The molecule has 0 radical (unpaired) electrons. The lowest BCUT2D eigenvalue weighted by molar-refractivity contribution is 0.350. The number of hydrogen-bond donors (Lipinski definition) is 1. The monoisotopic (exact) mass is 467 g/mol. The molecule has 0 saturated carbocycles. The molecule has 0 aliphatic heterocycles. The maximum Gasteiger partial charge on any atom is 0.319 e. The summed E-state index contributed by atoms with van der Waals surface area (Å²) in [5.74, 6) is 0.0207. The molecule has 1 aromatic carbocycles. The molecule has 0 atom stereocenters. The fourth-order valence-corrected chi connectivity index (χ4v) is 5.60. The maximum atomic E-state index is 12.8. The molecule has 0 unspecified atom stereocenters. The quantitative estimate of drug-likeness (QED) is 0.529. The van der Waals surface area contributed by atoms with Gasteiger partial charge in [0.15, 0.2) is 9.84 Å². The normalized spacial score (nSPS) is 11.9. The van der Waals surface area contributed by atoms with Gasteiger partial charge in [0.05, 0.1) is 36.8 Å². The van der Waals surface area contributed by atoms with Gasteiger partial charge in [-0.3, -0.25) is 4.72 Å². The van der Waals surface area contributed by atoms with E-state index in [0.29, 0.717) is 5.56 Å². The molecule has 0 fully saturated rings. The van der Waals surface area contributed by atoms with Crippen molar-refractivity contribution >= 4 is 25.5 Å². The first-order valence-electron chi connectivity index (χ1n) is 8.92. The standard InChI is InChI=1S/C19H21N3O7S2/c1-12-10-29-13(2)18(12)31(25,26)22-14-5-7-16(8-6-14)30(23,24)11-15-9-17(27-3)21-19(20-15)28-4/h5-10,22H,11H2,1-4H3. The van der Waals surface area contributed by atoms with Gasteiger partial charge < -0.3 is 13.9 Å². The third-order valence-electron chi connectivity index (χ3n) is 4.29. The Labute approximate surface area is 180 Å². The Morgan fingerprint density at radius 2 is 1.68 bits per heavy atom. The fourth-order valence-electron chi connectivity index (χ4n) is 2.90. The summed E-state index contributed by atoms with van der Waals surface area (Å²) < 4.78 is 68.4. The molecule has 31 heavy (non-hydrogen) atoms. The summed E-state index contributed by atoms with van der Waals surface area (Å²) >= 11 is 0. The second kappa shape index (κ2) is 8.55. The van der Waals surface area contributed by atoms with Crippen molar-refractivity contribution in [3.8, 4) is 11.9 Å². The predicted octanol–water partition coefficient (Wildman–Crippen LogP) is 2.48. The Balaban J connectivity index is 1.82. The number of sulfone groups is 1. The minimum Gasteiger partial charge on any atom is -0.481 e. The SMILES string of the molecule is COc1cc(CS(=O)(=O)c2ccc(NS(=O)(=O)c3c(C)coc3C)cc2)nc(OC)n1. The molecule has 2 aromatic heterocycles. The first kappa shape index (κ1) is 22.6. The van der Waals surface area contributed by atoms with Gasteiger partial charge in [-0.15, -0.1) is 0 Å². The average molecular weight is 468 g/mol. The lowest BCUT2D eigenvalue weighted by atomic mass is 10.3. The molecule has 12 heteroatoms. The molecule has 0 saturated heterocycles. The fraction of sp³-hybridized carbons (Fsp3) is 0.263. The zero-order valence-electron chi connectivity index (χ0n) is 17.2. The van der Waals surface area contributed by atoms with E-state index >= 15 is 0 Å². The zero-order valence-corrected chi connectivity index (χ0v) is 18.9. The summed E-state index contributed by atoms with van der Waals surface area (Å²) in [5.41, 5.74) is 0.878. The number of nitrogens with one attached hydrogen (secondary N) is 1. The van der Waals surface area contributed by atoms with Crippen molar-refractivity contribution in [2.75, 3.05) is 18.9 Å². The van der Waals surface area contributed by atoms with Crippen LogP contribution in [0.3, 0.4) is 0 Å². The van der Waals surface area contributed by atoms with Crippen LogP contribution in [0.5, 0.6) is 11.9 Å². The van der Waals surface area contributed by atoms with Gasteiger partial charge in [-0.05, 0) is 38.1 Å². The van der Waals surface area contributed by atoms with E-state index in [-0.39, 0.29) is 38.8 Å². The van der Waals surface area contributed by atoms with Crippen LogP contribution in [0.4, 0.5) is 5.69 Å². The molecular formula is C19H21N3O7S2. The molecule has 10 nitrogen and oxygen atoms in total. The molecule has 0 bridgehead atoms. The molecule has 0 aliphatic rings. The van der Waals surface area contributed by atoms with Gasteiger partial charge in [-0.25, -0.2) is 16.8 Å². The van der Waals surface area contributed by atoms with Crippen LogP contribution in [-0.2, 0) is 25.6 Å². The number of ether oxygens (including phenoxy) is 2. The number of sulfonamides is 1. The van der Waals surface area contributed by atoms with Gasteiger partial charge in [0, 0.05) is 17.3 Å². The van der Waals surface area contributed by atoms with E-state index in [2.05, 4.69) is 14.7 Å². The Hall–Kier alpha value is -3.12. The van der Waals surface area contributed by atoms with Crippen molar-refractivity contribution in [3.63, 3.8) is 0 Å². The van der Waals surface area contributed by atoms with E-state index in [4.69, 9.17) is 13.9 Å². The number of aromatic nitrogens is 2. The lowest BCUT2D eigenvalue weighted by Gasteiger charge is -2.10. The third-order valence-corrected chi connectivity index (χ3v) is 7.61. The number of hydrogen-bond acceptors (Lipinski definition) is 9. The number of aryl methyl sites for hydroxylation is 2. The highest BCUT2D eigenvalue weighted by Crippen LogP contribution is 2.26. The Morgan fingerprint density at radius 1 is 1.00 bits per heavy atom. The summed E-state index contributed by atoms with van der Waals surface area (Å²) in [6.45, 7) is 3.17. The maximum absolute atomic E-state index is 12.8. The summed E-state index contributed by atoms with van der Waals surface area (Å²) in [7, 11) is -4.90. The number of rotatable bonds is 8. The summed E-state index contributed by atoms with van der Waals surface area (Å²) in [6.07, 6.45) is 1.36. The number of methoxy groups -OCH3 is 2. The summed E-state index contributed by atoms with van der Waals surface area (Å²) in [5, 5.41) is 0. The smallest absolute Gasteiger partial charge is 0.319 e. The number of nitrogens with zero attached hydrogens (tertiary/aromatic N) is 2. The van der Waals surface area contributed by atoms with Crippen molar-refractivity contribution in [1.29, 1.82) is 0 Å². The Morgan fingerprint density at radius 3 is 2.23 bits per heavy atom. The van der Waals surface area contributed by atoms with E-state index in [0.717, 1.165) is 0 Å². The minimum absolute atomic E-state index is 0.00247. The van der Waals surface area contributed by atoms with Gasteiger partial charge in [-0.1, -0.05) is 0 Å². The second-order valence-corrected chi connectivity index (χ2v) is 10.2. The molecule has 0 aliphatic carbocycles. The molecule has 166 valence electrons. The summed E-state index contributed by atoms with van der Waals surface area (Å²) in [4.78, 5) is 8.01. The van der Waals surface area contributed by atoms with E-state index in [1.54, 1.807) is 13.8 Å². The number of benzene rings is 1. The second-order valence-electron chi connectivity index (χ2n) is 6.58. The van der Waals surface area contributed by atoms with Crippen molar-refractivity contribution in [3.05, 3.63) is 53.6 Å². The van der Waals surface area contributed by atoms with E-state index in [9.17, 15) is 16.8 Å². The van der Waals surface area contributed by atoms with E-state index in [1.165, 1.54) is 50.8 Å². The van der Waals surface area contributed by atoms with Gasteiger partial charge in [0.2, 0.25) is 5.88 Å². The number of furan rings is 1. The topological polar surface area (TPSA) is 138 Å². The van der Waals surface area contributed by atoms with Crippen LogP contribution < -0.4 is 14.2 Å². The van der Waals surface area contributed by atoms with Crippen molar-refractivity contribution in [1.82, 2.24) is 9.97 Å². The van der Waals surface area contributed by atoms with Crippen LogP contribution in [0.15, 0.2) is 50.8 Å². The predicted molar refractivity (Wildman–Crippen MR) is 111 cm³/mol. The van der Waals surface area contributed by atoms with Crippen LogP contribution in [0, 0.1) is 13.8 Å². The van der Waals surface area contributed by atoms with Gasteiger partial charge in [-0.2, -0.15) is 9.97 Å². The van der Waals surface area contributed by atoms with Crippen LogP contribution in [-0.4, -0.2) is 41.0 Å². The molecule has 0 amide bonds. The highest BCUT2D eigenvalue weighted by Gasteiger charge is 2.23. The van der Waals surface area contributed by atoms with Crippen LogP contribution >= 0.6 is 0 Å². The average Bonchev–Trinajstić information content (AvgIpc) is 3.06. The van der Waals surface area contributed by atoms with Gasteiger partial charge in [0.25, 0.3) is 10.0 Å². The Kier molecular flexibility index (Phi) is 6.23. The van der Waals surface area contributed by atoms with Crippen LogP contribution in [0.1, 0.15) is 17.0 Å². The first-order chi connectivity index (χ1) is 14.6. The van der Waals surface area contributed by atoms with Crippen LogP contribution in [0.2, 0.25) is 0 Å². The van der Waals surface area contributed by atoms with Crippen LogP contribution in [0.25, 0.3) is 0 Å². The van der Waals surface area contributed by atoms with E-state index < -0.39 is 25.6 Å². The minimum atomic E-state index is -3.88. The Bertz CT molecular complexity index is 1260. The highest BCUT2D eigenvalue weighted by molar-refractivity contribution is 7.92. The van der Waals surface area contributed by atoms with Crippen molar-refractivity contribution < 1.29 is 30.7 Å². The van der Waals surface area contributed by atoms with Crippen molar-refractivity contribution in [2.24, 2.45) is 0 Å². The summed E-state index contributed by atoms with van der Waals surface area (Å²) in [6, 6.07) is 6.76. The third kappa shape index (κ3) is 4.97. The molecule has 2 heterocycles. The number of anilines is 1. The first-order valence-corrected chi connectivity index (χ1v) is 12.1. The van der Waals surface area contributed by atoms with Gasteiger partial charge in [0.1, 0.15) is 10.7 Å². The van der Waals surface area contributed by atoms with E-state index in [1.807, 2.05) is 0 Å². The molecule has 3 aromatic rings. The highest BCUT2D eigenvalue weighted by atomic mass is 32.2. The largest absolute Gasteiger partial charge is 0.481 e. The molecule has 1 N–H and O–H groups in total. The zero-order chi connectivity index (χ0) is 22.8. The van der Waals surface area contributed by atoms with Crippen molar-refractivity contribution in [2.45, 2.75) is 29.4 Å². The van der Waals surface area contributed by atoms with Gasteiger partial charge >= 0.3 is 6.01 Å². The molecule has 3 rings (SSSR count). The lowest BCUT2D eigenvalue weighted by Crippen LogP contribution is -2.14. The molecule has 0 spiro atoms. The molecular weight excluding hydrogens is 446 g/mol.